The molecule has 9 nitrogen and oxygen atoms in total. The fourth-order valence-corrected chi connectivity index (χ4v) is 5.19. The Hall–Kier alpha value is -3.77. The van der Waals surface area contributed by atoms with E-state index in [1.165, 1.54) is 12.1 Å². The molecular formula is C29H26Cl2N4O5S2. The van der Waals surface area contributed by atoms with Crippen LogP contribution in [0.4, 0.5) is 16.2 Å². The number of benzene rings is 3. The molecule has 3 aromatic carbocycles. The van der Waals surface area contributed by atoms with E-state index in [0.717, 1.165) is 27.9 Å². The van der Waals surface area contributed by atoms with Crippen LogP contribution in [0.2, 0.25) is 10.0 Å². The predicted octanol–water partition coefficient (Wildman–Crippen LogP) is 6.96. The lowest BCUT2D eigenvalue weighted by Crippen LogP contribution is -2.46. The first kappa shape index (κ1) is 31.2. The van der Waals surface area contributed by atoms with Crippen molar-refractivity contribution in [3.8, 4) is 11.5 Å². The molecule has 0 spiro atoms. The molecule has 0 radical (unpaired) electrons. The van der Waals surface area contributed by atoms with Gasteiger partial charge in [0.05, 0.1) is 21.6 Å². The standard InChI is InChI=1S/C29H26Cl2N4O5S2/c1-4-39-24-12-18(6-10-23(24)40-15-26(36)32-19-7-5-16(2)17(3)11-19)13-25-27(37)35(29(41)42-25)34-28(38)33-20-8-9-21(30)22(31)14-20/h5-14H,4,15H2,1-3H3,(H,32,36)(H2,33,34,38)/b25-13+. The summed E-state index contributed by atoms with van der Waals surface area (Å²) in [6.07, 6.45) is 1.62. The maximum absolute atomic E-state index is 13.0. The Morgan fingerprint density at radius 2 is 1.67 bits per heavy atom. The van der Waals surface area contributed by atoms with E-state index in [2.05, 4.69) is 16.1 Å². The molecule has 0 unspecified atom stereocenters. The van der Waals surface area contributed by atoms with Crippen molar-refractivity contribution in [1.29, 1.82) is 0 Å². The Balaban J connectivity index is 1.40. The van der Waals surface area contributed by atoms with E-state index in [1.54, 1.807) is 30.3 Å². The predicted molar refractivity (Wildman–Crippen MR) is 171 cm³/mol. The van der Waals surface area contributed by atoms with Crippen LogP contribution in [0.15, 0.2) is 59.5 Å². The minimum atomic E-state index is -0.687. The fourth-order valence-electron chi connectivity index (χ4n) is 3.71. The Bertz CT molecular complexity index is 1600. The molecule has 1 aliphatic heterocycles. The van der Waals surface area contributed by atoms with Crippen LogP contribution in [0.5, 0.6) is 11.5 Å². The molecule has 0 saturated carbocycles. The number of hydrazine groups is 1. The topological polar surface area (TPSA) is 109 Å². The highest BCUT2D eigenvalue weighted by Crippen LogP contribution is 2.34. The number of carbonyl (C=O) groups is 3. The third kappa shape index (κ3) is 7.95. The second kappa shape index (κ2) is 13.9. The van der Waals surface area contributed by atoms with E-state index in [0.29, 0.717) is 45.0 Å². The highest BCUT2D eigenvalue weighted by Gasteiger charge is 2.33. The Labute approximate surface area is 262 Å². The third-order valence-electron chi connectivity index (χ3n) is 5.90. The lowest BCUT2D eigenvalue weighted by Gasteiger charge is -2.16. The van der Waals surface area contributed by atoms with E-state index in [4.69, 9.17) is 44.9 Å². The number of carbonyl (C=O) groups excluding carboxylic acids is 3. The number of nitrogens with zero attached hydrogens (tertiary/aromatic N) is 1. The quantitative estimate of drug-likeness (QED) is 0.171. The number of thioether (sulfide) groups is 1. The molecule has 0 aromatic heterocycles. The number of halogens is 2. The second-order valence-electron chi connectivity index (χ2n) is 8.99. The maximum Gasteiger partial charge on any atom is 0.338 e. The van der Waals surface area contributed by atoms with Gasteiger partial charge in [0.2, 0.25) is 0 Å². The van der Waals surface area contributed by atoms with Gasteiger partial charge in [-0.25, -0.2) is 10.2 Å². The van der Waals surface area contributed by atoms with E-state index < -0.39 is 11.9 Å². The molecule has 3 aromatic rings. The normalized spacial score (nSPS) is 13.7. The molecule has 3 N–H and O–H groups in total. The molecule has 0 bridgehead atoms. The molecule has 1 saturated heterocycles. The summed E-state index contributed by atoms with van der Waals surface area (Å²) in [5.41, 5.74) is 6.35. The fraction of sp³-hybridized carbons (Fsp3) is 0.172. The average Bonchev–Trinajstić information content (AvgIpc) is 3.19. The number of aryl methyl sites for hydroxylation is 2. The highest BCUT2D eigenvalue weighted by atomic mass is 35.5. The zero-order chi connectivity index (χ0) is 30.4. The summed E-state index contributed by atoms with van der Waals surface area (Å²) in [4.78, 5) is 38.2. The number of urea groups is 1. The van der Waals surface area contributed by atoms with Crippen molar-refractivity contribution in [2.45, 2.75) is 20.8 Å². The maximum atomic E-state index is 13.0. The van der Waals surface area contributed by atoms with Gasteiger partial charge in [0.25, 0.3) is 11.8 Å². The molecule has 0 atom stereocenters. The van der Waals surface area contributed by atoms with Gasteiger partial charge in [0.15, 0.2) is 22.4 Å². The van der Waals surface area contributed by atoms with Crippen molar-refractivity contribution in [3.05, 3.63) is 86.2 Å². The third-order valence-corrected chi connectivity index (χ3v) is 7.94. The summed E-state index contributed by atoms with van der Waals surface area (Å²) in [5.74, 6) is -0.0444. The second-order valence-corrected chi connectivity index (χ2v) is 11.5. The molecule has 0 aliphatic carbocycles. The monoisotopic (exact) mass is 644 g/mol. The van der Waals surface area contributed by atoms with Crippen molar-refractivity contribution in [2.75, 3.05) is 23.8 Å². The van der Waals surface area contributed by atoms with Gasteiger partial charge in [0.1, 0.15) is 0 Å². The van der Waals surface area contributed by atoms with E-state index >= 15 is 0 Å². The van der Waals surface area contributed by atoms with Crippen LogP contribution >= 0.6 is 47.2 Å². The van der Waals surface area contributed by atoms with E-state index in [1.807, 2.05) is 39.0 Å². The van der Waals surface area contributed by atoms with Gasteiger partial charge in [-0.15, -0.1) is 0 Å². The molecule has 1 aliphatic rings. The summed E-state index contributed by atoms with van der Waals surface area (Å²) < 4.78 is 11.6. The smallest absolute Gasteiger partial charge is 0.338 e. The number of amides is 4. The molecule has 4 amide bonds. The van der Waals surface area contributed by atoms with Crippen LogP contribution in [0.3, 0.4) is 0 Å². The van der Waals surface area contributed by atoms with E-state index in [-0.39, 0.29) is 21.9 Å². The van der Waals surface area contributed by atoms with Crippen molar-refractivity contribution in [2.24, 2.45) is 0 Å². The largest absolute Gasteiger partial charge is 0.490 e. The Morgan fingerprint density at radius 3 is 2.38 bits per heavy atom. The van der Waals surface area contributed by atoms with Crippen molar-refractivity contribution in [1.82, 2.24) is 10.4 Å². The number of hydrogen-bond donors (Lipinski definition) is 3. The van der Waals surface area contributed by atoms with Crippen LogP contribution in [0.25, 0.3) is 6.08 Å². The van der Waals surface area contributed by atoms with Gasteiger partial charge in [0, 0.05) is 11.4 Å². The van der Waals surface area contributed by atoms with Crippen molar-refractivity contribution < 1.29 is 23.9 Å². The highest BCUT2D eigenvalue weighted by molar-refractivity contribution is 8.26. The number of thiocarbonyl (C=S) groups is 1. The first-order valence-electron chi connectivity index (χ1n) is 12.6. The Morgan fingerprint density at radius 1 is 0.929 bits per heavy atom. The minimum Gasteiger partial charge on any atom is -0.490 e. The summed E-state index contributed by atoms with van der Waals surface area (Å²) in [6.45, 7) is 5.93. The van der Waals surface area contributed by atoms with Gasteiger partial charge in [-0.05, 0) is 98.2 Å². The molecule has 4 rings (SSSR count). The van der Waals surface area contributed by atoms with Gasteiger partial charge >= 0.3 is 6.03 Å². The van der Waals surface area contributed by atoms with Crippen molar-refractivity contribution in [3.63, 3.8) is 0 Å². The zero-order valence-electron chi connectivity index (χ0n) is 22.7. The van der Waals surface area contributed by atoms with Crippen LogP contribution in [-0.2, 0) is 9.59 Å². The molecule has 1 heterocycles. The molecular weight excluding hydrogens is 619 g/mol. The first-order valence-corrected chi connectivity index (χ1v) is 14.6. The summed E-state index contributed by atoms with van der Waals surface area (Å²) in [5, 5.41) is 6.99. The van der Waals surface area contributed by atoms with Crippen LogP contribution < -0.4 is 25.5 Å². The molecule has 1 fully saturated rings. The number of nitrogens with one attached hydrogen (secondary N) is 3. The number of ether oxygens (including phenoxy) is 2. The summed E-state index contributed by atoms with van der Waals surface area (Å²) in [7, 11) is 0. The SMILES string of the molecule is CCOc1cc(/C=C2/SC(=S)N(NC(=O)Nc3ccc(Cl)c(Cl)c3)C2=O)ccc1OCC(=O)Nc1ccc(C)c(C)c1. The van der Waals surface area contributed by atoms with Gasteiger partial charge in [-0.3, -0.25) is 9.59 Å². The Kier molecular flexibility index (Phi) is 10.3. The molecule has 13 heteroatoms. The number of hydrogen-bond acceptors (Lipinski definition) is 7. The van der Waals surface area contributed by atoms with Crippen LogP contribution in [0, 0.1) is 13.8 Å². The minimum absolute atomic E-state index is 0.148. The van der Waals surface area contributed by atoms with E-state index in [9.17, 15) is 14.4 Å². The first-order chi connectivity index (χ1) is 20.0. The number of anilines is 2. The lowest BCUT2D eigenvalue weighted by atomic mass is 10.1. The molecule has 42 heavy (non-hydrogen) atoms. The van der Waals surface area contributed by atoms with Crippen molar-refractivity contribution >= 4 is 86.8 Å². The van der Waals surface area contributed by atoms with Gasteiger partial charge in [-0.1, -0.05) is 47.1 Å². The number of rotatable bonds is 9. The van der Waals surface area contributed by atoms with Crippen LogP contribution in [-0.4, -0.2) is 40.4 Å². The lowest BCUT2D eigenvalue weighted by molar-refractivity contribution is -0.123. The zero-order valence-corrected chi connectivity index (χ0v) is 25.9. The van der Waals surface area contributed by atoms with Gasteiger partial charge in [-0.2, -0.15) is 5.01 Å². The molecule has 218 valence electrons. The summed E-state index contributed by atoms with van der Waals surface area (Å²) >= 11 is 18.2. The summed E-state index contributed by atoms with van der Waals surface area (Å²) in [6, 6.07) is 14.6. The van der Waals surface area contributed by atoms with Crippen LogP contribution in [0.1, 0.15) is 23.6 Å². The average molecular weight is 646 g/mol. The van der Waals surface area contributed by atoms with Gasteiger partial charge < -0.3 is 20.1 Å².